The molecule has 0 saturated heterocycles. The molecule has 0 fully saturated rings. The van der Waals surface area contributed by atoms with Crippen LogP contribution in [0.5, 0.6) is 5.75 Å². The van der Waals surface area contributed by atoms with Gasteiger partial charge in [-0.25, -0.2) is 4.79 Å². The molecular weight excluding hydrogens is 216 g/mol. The number of ether oxygens (including phenoxy) is 1. The minimum Gasteiger partial charge on any atom is -0.410 e. The topological polar surface area (TPSA) is 32.8 Å². The number of carbonyl (C=O) groups excluding carboxylic acids is 1. The number of rotatable bonds is 4. The average molecular weight is 236 g/mol. The smallest absolute Gasteiger partial charge is 0.410 e. The molecule has 0 aromatic heterocycles. The monoisotopic (exact) mass is 236 g/mol. The molecule has 0 aliphatic heterocycles. The summed E-state index contributed by atoms with van der Waals surface area (Å²) in [5.74, 6) is 0.581. The van der Waals surface area contributed by atoms with Gasteiger partial charge < -0.3 is 14.5 Å². The maximum atomic E-state index is 11.3. The number of nitrogens with zero attached hydrogens (tertiary/aromatic N) is 2. The summed E-state index contributed by atoms with van der Waals surface area (Å²) in [6.45, 7) is 1.01. The van der Waals surface area contributed by atoms with Gasteiger partial charge in [-0.2, -0.15) is 0 Å². The van der Waals surface area contributed by atoms with Gasteiger partial charge in [0, 0.05) is 20.6 Å². The van der Waals surface area contributed by atoms with Crippen molar-refractivity contribution in [2.75, 3.05) is 34.7 Å². The molecule has 0 atom stereocenters. The van der Waals surface area contributed by atoms with E-state index in [4.69, 9.17) is 4.74 Å². The number of hydrogen-bond acceptors (Lipinski definition) is 3. The Kier molecular flexibility index (Phi) is 4.97. The van der Waals surface area contributed by atoms with Gasteiger partial charge in [0.25, 0.3) is 0 Å². The molecule has 0 spiro atoms. The molecule has 1 amide bonds. The lowest BCUT2D eigenvalue weighted by Crippen LogP contribution is -2.25. The van der Waals surface area contributed by atoms with Crippen molar-refractivity contribution < 1.29 is 9.53 Å². The number of carbonyl (C=O) groups is 1. The minimum atomic E-state index is -0.356. The highest BCUT2D eigenvalue weighted by Crippen LogP contribution is 2.13. The van der Waals surface area contributed by atoms with Crippen molar-refractivity contribution in [2.45, 2.75) is 6.42 Å². The fourth-order valence-corrected chi connectivity index (χ4v) is 1.27. The molecule has 4 heteroatoms. The molecule has 0 radical (unpaired) electrons. The van der Waals surface area contributed by atoms with Crippen LogP contribution >= 0.6 is 0 Å². The number of benzene rings is 1. The first-order valence-corrected chi connectivity index (χ1v) is 5.62. The van der Waals surface area contributed by atoms with Gasteiger partial charge in [0.15, 0.2) is 0 Å². The van der Waals surface area contributed by atoms with Crippen LogP contribution in [0.1, 0.15) is 5.56 Å². The Labute approximate surface area is 103 Å². The molecule has 1 aromatic carbocycles. The molecule has 0 aliphatic rings. The number of hydrogen-bond donors (Lipinski definition) is 0. The van der Waals surface area contributed by atoms with Gasteiger partial charge in [0.05, 0.1) is 0 Å². The second-order valence-corrected chi connectivity index (χ2v) is 4.46. The fraction of sp³-hybridized carbons (Fsp3) is 0.462. The molecule has 0 bridgehead atoms. The first kappa shape index (κ1) is 13.5. The number of likely N-dealkylation sites (N-methyl/N-ethyl adjacent to an activating group) is 1. The first-order valence-electron chi connectivity index (χ1n) is 5.62. The van der Waals surface area contributed by atoms with Crippen LogP contribution in [0.2, 0.25) is 0 Å². The van der Waals surface area contributed by atoms with E-state index in [1.54, 1.807) is 14.1 Å². The van der Waals surface area contributed by atoms with Crippen molar-refractivity contribution in [2.24, 2.45) is 0 Å². The van der Waals surface area contributed by atoms with Crippen molar-refractivity contribution in [3.05, 3.63) is 29.8 Å². The Morgan fingerprint density at radius 1 is 1.12 bits per heavy atom. The lowest BCUT2D eigenvalue weighted by atomic mass is 10.1. The van der Waals surface area contributed by atoms with Crippen LogP contribution < -0.4 is 4.74 Å². The van der Waals surface area contributed by atoms with Crippen LogP contribution in [0.3, 0.4) is 0 Å². The van der Waals surface area contributed by atoms with E-state index in [-0.39, 0.29) is 6.09 Å². The quantitative estimate of drug-likeness (QED) is 0.800. The Hall–Kier alpha value is -1.55. The van der Waals surface area contributed by atoms with Crippen LogP contribution in [-0.4, -0.2) is 50.6 Å². The third-order valence-corrected chi connectivity index (χ3v) is 2.34. The van der Waals surface area contributed by atoms with Gasteiger partial charge in [-0.1, -0.05) is 12.1 Å². The molecule has 0 saturated carbocycles. The first-order chi connectivity index (χ1) is 7.99. The van der Waals surface area contributed by atoms with E-state index >= 15 is 0 Å². The van der Waals surface area contributed by atoms with E-state index in [9.17, 15) is 4.79 Å². The summed E-state index contributed by atoms with van der Waals surface area (Å²) in [6, 6.07) is 7.63. The zero-order valence-electron chi connectivity index (χ0n) is 10.9. The van der Waals surface area contributed by atoms with Gasteiger partial charge in [0.1, 0.15) is 5.75 Å². The van der Waals surface area contributed by atoms with Crippen molar-refractivity contribution in [3.8, 4) is 5.75 Å². The molecule has 0 heterocycles. The number of amides is 1. The van der Waals surface area contributed by atoms with E-state index < -0.39 is 0 Å². The lowest BCUT2D eigenvalue weighted by Gasteiger charge is -2.12. The highest BCUT2D eigenvalue weighted by Gasteiger charge is 2.06. The summed E-state index contributed by atoms with van der Waals surface area (Å²) in [5.41, 5.74) is 1.24. The molecule has 1 rings (SSSR count). The molecule has 17 heavy (non-hydrogen) atoms. The molecule has 4 nitrogen and oxygen atoms in total. The van der Waals surface area contributed by atoms with Gasteiger partial charge in [-0.15, -0.1) is 0 Å². The highest BCUT2D eigenvalue weighted by molar-refractivity contribution is 5.69. The zero-order valence-corrected chi connectivity index (χ0v) is 10.9. The second kappa shape index (κ2) is 6.25. The van der Waals surface area contributed by atoms with Crippen LogP contribution in [0.4, 0.5) is 4.79 Å². The highest BCUT2D eigenvalue weighted by atomic mass is 16.6. The molecular formula is C13H20N2O2. The summed E-state index contributed by atoms with van der Waals surface area (Å²) >= 11 is 0. The molecule has 0 N–H and O–H groups in total. The van der Waals surface area contributed by atoms with Crippen molar-refractivity contribution in [1.29, 1.82) is 0 Å². The van der Waals surface area contributed by atoms with E-state index in [0.717, 1.165) is 13.0 Å². The average Bonchev–Trinajstić information content (AvgIpc) is 2.28. The second-order valence-electron chi connectivity index (χ2n) is 4.46. The fourth-order valence-electron chi connectivity index (χ4n) is 1.27. The summed E-state index contributed by atoms with van der Waals surface area (Å²) in [4.78, 5) is 14.9. The van der Waals surface area contributed by atoms with E-state index in [1.165, 1.54) is 10.5 Å². The van der Waals surface area contributed by atoms with Crippen molar-refractivity contribution in [1.82, 2.24) is 9.80 Å². The largest absolute Gasteiger partial charge is 0.414 e. The van der Waals surface area contributed by atoms with E-state index in [1.807, 2.05) is 38.4 Å². The van der Waals surface area contributed by atoms with E-state index in [2.05, 4.69) is 4.90 Å². The predicted octanol–water partition coefficient (Wildman–Crippen LogP) is 1.85. The molecule has 1 aromatic rings. The van der Waals surface area contributed by atoms with Crippen LogP contribution in [0.25, 0.3) is 0 Å². The molecule has 0 aliphatic carbocycles. The summed E-state index contributed by atoms with van der Waals surface area (Å²) in [5, 5.41) is 0. The third-order valence-electron chi connectivity index (χ3n) is 2.34. The summed E-state index contributed by atoms with van der Waals surface area (Å²) in [6.07, 6.45) is 0.639. The third kappa shape index (κ3) is 4.87. The molecule has 94 valence electrons. The van der Waals surface area contributed by atoms with Gasteiger partial charge in [-0.3, -0.25) is 0 Å². The Balaban J connectivity index is 2.53. The normalized spacial score (nSPS) is 10.4. The van der Waals surface area contributed by atoms with Crippen LogP contribution in [0.15, 0.2) is 24.3 Å². The maximum Gasteiger partial charge on any atom is 0.414 e. The Morgan fingerprint density at radius 3 is 2.18 bits per heavy atom. The maximum absolute atomic E-state index is 11.3. The predicted molar refractivity (Wildman–Crippen MR) is 68.4 cm³/mol. The minimum absolute atomic E-state index is 0.356. The van der Waals surface area contributed by atoms with Crippen molar-refractivity contribution >= 4 is 6.09 Å². The SMILES string of the molecule is CN(C)CCc1ccc(OC(=O)N(C)C)cc1. The van der Waals surface area contributed by atoms with Gasteiger partial charge >= 0.3 is 6.09 Å². The van der Waals surface area contributed by atoms with Gasteiger partial charge in [0.2, 0.25) is 0 Å². The Morgan fingerprint density at radius 2 is 1.71 bits per heavy atom. The standard InChI is InChI=1S/C13H20N2O2/c1-14(2)10-9-11-5-7-12(8-6-11)17-13(16)15(3)4/h5-8H,9-10H2,1-4H3. The summed E-state index contributed by atoms with van der Waals surface area (Å²) < 4.78 is 5.13. The van der Waals surface area contributed by atoms with Crippen molar-refractivity contribution in [3.63, 3.8) is 0 Å². The van der Waals surface area contributed by atoms with E-state index in [0.29, 0.717) is 5.75 Å². The zero-order chi connectivity index (χ0) is 12.8. The van der Waals surface area contributed by atoms with Crippen LogP contribution in [-0.2, 0) is 6.42 Å². The molecule has 0 unspecified atom stereocenters. The van der Waals surface area contributed by atoms with Gasteiger partial charge in [-0.05, 0) is 38.2 Å². The lowest BCUT2D eigenvalue weighted by molar-refractivity contribution is 0.172. The summed E-state index contributed by atoms with van der Waals surface area (Å²) in [7, 11) is 7.42. The van der Waals surface area contributed by atoms with Crippen LogP contribution in [0, 0.1) is 0 Å². The Bertz CT molecular complexity index is 358.